The van der Waals surface area contributed by atoms with Crippen LogP contribution in [0.5, 0.6) is 0 Å². The second kappa shape index (κ2) is 14.2. The van der Waals surface area contributed by atoms with E-state index in [0.717, 1.165) is 6.42 Å². The van der Waals surface area contributed by atoms with Crippen molar-refractivity contribution >= 4 is 39.9 Å². The first-order valence-corrected chi connectivity index (χ1v) is 19.2. The summed E-state index contributed by atoms with van der Waals surface area (Å²) >= 11 is 0. The first kappa shape index (κ1) is 36.8. The monoisotopic (exact) mass is 734 g/mol. The molecule has 3 aliphatic heterocycles. The van der Waals surface area contributed by atoms with Crippen molar-refractivity contribution in [1.82, 2.24) is 30.5 Å². The van der Waals surface area contributed by atoms with Crippen LogP contribution in [-0.2, 0) is 47.0 Å². The summed E-state index contributed by atoms with van der Waals surface area (Å²) in [5.74, 6) is -2.88. The van der Waals surface area contributed by atoms with Gasteiger partial charge in [-0.1, -0.05) is 18.6 Å². The Balaban J connectivity index is 1.24. The molecule has 4 N–H and O–H groups in total. The van der Waals surface area contributed by atoms with Crippen LogP contribution in [0.15, 0.2) is 18.2 Å². The SMILES string of the molecule is CC(C)(C)OC(=O)N[C@H]1CCNCCCC[C@@H]2C[C@@]2(C(=O)NS(=O)(=O)C2CC2)NC(=O)[C@@H]2C[C@@H](OC(=O)N3Cc4cccc(F)c4C3)CN2C1=O. The third-order valence-electron chi connectivity index (χ3n) is 10.1. The molecule has 280 valence electrons. The summed E-state index contributed by atoms with van der Waals surface area (Å²) in [6.07, 6.45) is 0.644. The predicted molar refractivity (Wildman–Crippen MR) is 180 cm³/mol. The summed E-state index contributed by atoms with van der Waals surface area (Å²) in [4.78, 5) is 70.8. The van der Waals surface area contributed by atoms with E-state index >= 15 is 0 Å². The van der Waals surface area contributed by atoms with E-state index in [2.05, 4.69) is 20.7 Å². The van der Waals surface area contributed by atoms with E-state index in [-0.39, 0.29) is 44.8 Å². The van der Waals surface area contributed by atoms with Crippen molar-refractivity contribution in [3.05, 3.63) is 35.1 Å². The standard InChI is InChI=1S/C34H47FN6O9S/c1-33(2,3)50-31(45)37-26-12-14-36-13-5-4-8-21-16-34(21,30(44)39-51(47,48)23-10-11-23)38-28(42)27-15-22(18-41(27)29(26)43)49-32(46)40-17-20-7-6-9-25(35)24(20)19-40/h6-7,9,21-23,26-27,36H,4-5,8,10-19H2,1-3H3,(H,37,45)(H,38,42)(H,39,44)/t21-,22-,26+,27+,34-/m1/s1. The molecule has 2 saturated carbocycles. The van der Waals surface area contributed by atoms with Gasteiger partial charge >= 0.3 is 12.2 Å². The molecule has 0 bridgehead atoms. The van der Waals surface area contributed by atoms with E-state index in [0.29, 0.717) is 49.9 Å². The van der Waals surface area contributed by atoms with Crippen LogP contribution in [0.25, 0.3) is 0 Å². The fourth-order valence-electron chi connectivity index (χ4n) is 7.17. The minimum Gasteiger partial charge on any atom is -0.444 e. The maximum absolute atomic E-state index is 14.4. The van der Waals surface area contributed by atoms with Crippen LogP contribution in [0.3, 0.4) is 0 Å². The predicted octanol–water partition coefficient (Wildman–Crippen LogP) is 1.79. The zero-order chi connectivity index (χ0) is 36.7. The average Bonchev–Trinajstić information content (AvgIpc) is 3.93. The lowest BCUT2D eigenvalue weighted by atomic mass is 10.1. The lowest BCUT2D eigenvalue weighted by Gasteiger charge is -2.30. The number of benzene rings is 1. The number of ether oxygens (including phenoxy) is 2. The molecule has 6 rings (SSSR count). The highest BCUT2D eigenvalue weighted by atomic mass is 32.2. The maximum atomic E-state index is 14.4. The zero-order valence-electron chi connectivity index (χ0n) is 29.2. The van der Waals surface area contributed by atoms with Crippen LogP contribution in [-0.4, -0.2) is 102 Å². The molecule has 51 heavy (non-hydrogen) atoms. The highest BCUT2D eigenvalue weighted by molar-refractivity contribution is 7.91. The molecule has 0 unspecified atom stereocenters. The molecule has 5 aliphatic rings. The number of carbonyl (C=O) groups is 5. The van der Waals surface area contributed by atoms with Crippen molar-refractivity contribution in [1.29, 1.82) is 0 Å². The van der Waals surface area contributed by atoms with Gasteiger partial charge in [0, 0.05) is 18.5 Å². The molecule has 2 aliphatic carbocycles. The molecule has 0 spiro atoms. The number of alkyl carbamates (subject to hydrolysis) is 1. The molecule has 0 radical (unpaired) electrons. The summed E-state index contributed by atoms with van der Waals surface area (Å²) in [6.45, 7) is 5.94. The van der Waals surface area contributed by atoms with Gasteiger partial charge in [-0.3, -0.25) is 24.0 Å². The van der Waals surface area contributed by atoms with Gasteiger partial charge in [0.1, 0.15) is 35.1 Å². The molecule has 15 nitrogen and oxygen atoms in total. The average molecular weight is 735 g/mol. The van der Waals surface area contributed by atoms with Crippen LogP contribution < -0.4 is 20.7 Å². The largest absolute Gasteiger partial charge is 0.444 e. The Morgan fingerprint density at radius 1 is 1.04 bits per heavy atom. The minimum atomic E-state index is -3.90. The van der Waals surface area contributed by atoms with E-state index in [1.807, 2.05) is 0 Å². The second-order valence-corrected chi connectivity index (χ2v) is 17.2. The van der Waals surface area contributed by atoms with Crippen molar-refractivity contribution in [3.8, 4) is 0 Å². The van der Waals surface area contributed by atoms with Gasteiger partial charge in [0.15, 0.2) is 0 Å². The van der Waals surface area contributed by atoms with Crippen molar-refractivity contribution in [2.24, 2.45) is 5.92 Å². The number of rotatable bonds is 5. The Kier molecular flexibility index (Phi) is 10.2. The molecule has 5 atom stereocenters. The van der Waals surface area contributed by atoms with Gasteiger partial charge < -0.3 is 30.3 Å². The van der Waals surface area contributed by atoms with Gasteiger partial charge in [0.25, 0.3) is 5.91 Å². The number of hydrogen-bond acceptors (Lipinski definition) is 10. The molecule has 5 amide bonds. The number of hydrogen-bond donors (Lipinski definition) is 4. The van der Waals surface area contributed by atoms with Gasteiger partial charge in [0.2, 0.25) is 21.8 Å². The van der Waals surface area contributed by atoms with Crippen molar-refractivity contribution in [2.45, 2.75) is 120 Å². The van der Waals surface area contributed by atoms with Crippen LogP contribution in [0.4, 0.5) is 14.0 Å². The van der Waals surface area contributed by atoms with Gasteiger partial charge in [-0.2, -0.15) is 0 Å². The Morgan fingerprint density at radius 2 is 1.80 bits per heavy atom. The van der Waals surface area contributed by atoms with E-state index in [9.17, 15) is 36.8 Å². The molecule has 0 aromatic heterocycles. The first-order chi connectivity index (χ1) is 24.1. The Morgan fingerprint density at radius 3 is 2.51 bits per heavy atom. The molecule has 1 aromatic rings. The quantitative estimate of drug-likeness (QED) is 0.347. The van der Waals surface area contributed by atoms with Crippen molar-refractivity contribution in [3.63, 3.8) is 0 Å². The maximum Gasteiger partial charge on any atom is 0.410 e. The zero-order valence-corrected chi connectivity index (χ0v) is 30.0. The second-order valence-electron chi connectivity index (χ2n) is 15.3. The van der Waals surface area contributed by atoms with E-state index in [1.165, 1.54) is 15.9 Å². The molecular weight excluding hydrogens is 687 g/mol. The number of halogens is 1. The van der Waals surface area contributed by atoms with Gasteiger partial charge in [-0.05, 0) is 89.9 Å². The minimum absolute atomic E-state index is 0.00220. The highest BCUT2D eigenvalue weighted by Crippen LogP contribution is 2.48. The Hall–Kier alpha value is -3.99. The van der Waals surface area contributed by atoms with E-state index < -0.39 is 80.3 Å². The smallest absolute Gasteiger partial charge is 0.410 e. The summed E-state index contributed by atoms with van der Waals surface area (Å²) in [5.41, 5.74) is -1.30. The summed E-state index contributed by atoms with van der Waals surface area (Å²) in [6, 6.07) is 2.26. The molecular formula is C34H47FN6O9S. The number of carbonyl (C=O) groups excluding carboxylic acids is 5. The third kappa shape index (κ3) is 8.40. The van der Waals surface area contributed by atoms with Crippen molar-refractivity contribution in [2.75, 3.05) is 19.6 Å². The molecule has 2 saturated heterocycles. The number of nitrogens with one attached hydrogen (secondary N) is 4. The summed E-state index contributed by atoms with van der Waals surface area (Å²) in [7, 11) is -3.90. The third-order valence-corrected chi connectivity index (χ3v) is 11.9. The molecule has 17 heteroatoms. The van der Waals surface area contributed by atoms with Gasteiger partial charge in [0.05, 0.1) is 18.3 Å². The highest BCUT2D eigenvalue weighted by Gasteiger charge is 2.62. The van der Waals surface area contributed by atoms with Crippen LogP contribution >= 0.6 is 0 Å². The Bertz CT molecular complexity index is 1680. The molecule has 1 aromatic carbocycles. The normalized spacial score (nSPS) is 28.6. The number of sulfonamides is 1. The van der Waals surface area contributed by atoms with E-state index in [1.54, 1.807) is 32.9 Å². The molecule has 3 heterocycles. The lowest BCUT2D eigenvalue weighted by Crippen LogP contribution is -2.58. The topological polar surface area (TPSA) is 193 Å². The lowest BCUT2D eigenvalue weighted by molar-refractivity contribution is -0.141. The van der Waals surface area contributed by atoms with Crippen LogP contribution in [0.2, 0.25) is 0 Å². The van der Waals surface area contributed by atoms with Crippen LogP contribution in [0, 0.1) is 11.7 Å². The van der Waals surface area contributed by atoms with Crippen molar-refractivity contribution < 1.29 is 46.3 Å². The van der Waals surface area contributed by atoms with Crippen LogP contribution in [0.1, 0.15) is 83.3 Å². The summed E-state index contributed by atoms with van der Waals surface area (Å²) < 4.78 is 53.3. The fourth-order valence-corrected chi connectivity index (χ4v) is 8.54. The molecule has 4 fully saturated rings. The Labute approximate surface area is 296 Å². The van der Waals surface area contributed by atoms with E-state index in [4.69, 9.17) is 9.47 Å². The number of amides is 5. The van der Waals surface area contributed by atoms with Gasteiger partial charge in [-0.15, -0.1) is 0 Å². The summed E-state index contributed by atoms with van der Waals surface area (Å²) in [5, 5.41) is 8.09. The fraction of sp³-hybridized carbons (Fsp3) is 0.676. The number of nitrogens with zero attached hydrogens (tertiary/aromatic N) is 2. The van der Waals surface area contributed by atoms with Gasteiger partial charge in [-0.25, -0.2) is 22.4 Å². The number of fused-ring (bicyclic) bond motifs is 3. The first-order valence-electron chi connectivity index (χ1n) is 17.7.